The predicted molar refractivity (Wildman–Crippen MR) is 98.1 cm³/mol. The van der Waals surface area contributed by atoms with Gasteiger partial charge in [-0.25, -0.2) is 9.89 Å². The van der Waals surface area contributed by atoms with E-state index in [2.05, 4.69) is 15.5 Å². The molecule has 4 rings (SSSR count). The van der Waals surface area contributed by atoms with Crippen LogP contribution in [-0.4, -0.2) is 28.1 Å². The molecule has 3 aromatic rings. The number of hydrogen-bond donors (Lipinski definition) is 2. The van der Waals surface area contributed by atoms with Crippen LogP contribution in [-0.2, 0) is 9.53 Å². The second kappa shape index (κ2) is 7.03. The van der Waals surface area contributed by atoms with Gasteiger partial charge >= 0.3 is 5.97 Å². The molecule has 7 nitrogen and oxygen atoms in total. The van der Waals surface area contributed by atoms with Crippen LogP contribution in [0.4, 0.5) is 0 Å². The van der Waals surface area contributed by atoms with Gasteiger partial charge in [0.2, 0.25) is 6.10 Å². The predicted octanol–water partition coefficient (Wildman–Crippen LogP) is 2.10. The minimum absolute atomic E-state index is 0.0367. The third-order valence-corrected chi connectivity index (χ3v) is 4.38. The lowest BCUT2D eigenvalue weighted by Gasteiger charge is -2.18. The molecule has 1 aliphatic carbocycles. The highest BCUT2D eigenvalue weighted by atomic mass is 16.5. The van der Waals surface area contributed by atoms with Crippen molar-refractivity contribution in [1.29, 1.82) is 0 Å². The number of carbonyl (C=O) groups excluding carboxylic acids is 2. The quantitative estimate of drug-likeness (QED) is 0.676. The van der Waals surface area contributed by atoms with E-state index in [4.69, 9.17) is 4.74 Å². The molecule has 2 N–H and O–H groups in total. The van der Waals surface area contributed by atoms with Crippen molar-refractivity contribution in [3.8, 4) is 0 Å². The van der Waals surface area contributed by atoms with Gasteiger partial charge in [-0.1, -0.05) is 48.5 Å². The SMILES string of the molecule is O=C(O[C@H](C(=O)NC1CC1)c1ccccc1)c1n[nH]c(=O)c2ccccc12. The molecule has 1 aromatic heterocycles. The Balaban J connectivity index is 1.67. The third kappa shape index (κ3) is 3.57. The maximum absolute atomic E-state index is 12.8. The molecule has 0 saturated heterocycles. The van der Waals surface area contributed by atoms with Crippen LogP contribution < -0.4 is 10.9 Å². The number of fused-ring (bicyclic) bond motifs is 1. The number of benzene rings is 2. The van der Waals surface area contributed by atoms with E-state index in [1.165, 1.54) is 0 Å². The molecule has 0 unspecified atom stereocenters. The Kier molecular flexibility index (Phi) is 4.42. The van der Waals surface area contributed by atoms with Crippen LogP contribution in [0.5, 0.6) is 0 Å². The maximum atomic E-state index is 12.8. The van der Waals surface area contributed by atoms with Crippen LogP contribution in [0.1, 0.15) is 35.0 Å². The number of nitrogens with one attached hydrogen (secondary N) is 2. The van der Waals surface area contributed by atoms with E-state index in [-0.39, 0.29) is 17.6 Å². The van der Waals surface area contributed by atoms with Gasteiger partial charge in [0.25, 0.3) is 11.5 Å². The number of esters is 1. The van der Waals surface area contributed by atoms with Gasteiger partial charge in [0.05, 0.1) is 5.39 Å². The molecule has 0 radical (unpaired) electrons. The van der Waals surface area contributed by atoms with E-state index in [0.717, 1.165) is 12.8 Å². The monoisotopic (exact) mass is 363 g/mol. The van der Waals surface area contributed by atoms with E-state index >= 15 is 0 Å². The second-order valence-electron chi connectivity index (χ2n) is 6.43. The first-order chi connectivity index (χ1) is 13.1. The van der Waals surface area contributed by atoms with Crippen LogP contribution in [0, 0.1) is 0 Å². The minimum Gasteiger partial charge on any atom is -0.442 e. The van der Waals surface area contributed by atoms with Crippen LogP contribution in [0.25, 0.3) is 10.8 Å². The fourth-order valence-corrected chi connectivity index (χ4v) is 2.84. The number of ether oxygens (including phenoxy) is 1. The molecule has 1 saturated carbocycles. The molecule has 1 heterocycles. The van der Waals surface area contributed by atoms with Crippen LogP contribution in [0.2, 0.25) is 0 Å². The Morgan fingerprint density at radius 2 is 1.70 bits per heavy atom. The number of amides is 1. The van der Waals surface area contributed by atoms with Crippen molar-refractivity contribution in [2.24, 2.45) is 0 Å². The summed E-state index contributed by atoms with van der Waals surface area (Å²) in [6.07, 6.45) is 0.757. The van der Waals surface area contributed by atoms with Gasteiger partial charge in [-0.2, -0.15) is 5.10 Å². The van der Waals surface area contributed by atoms with Crippen molar-refractivity contribution in [3.05, 3.63) is 76.2 Å². The largest absolute Gasteiger partial charge is 0.442 e. The standard InChI is InChI=1S/C20H17N3O4/c24-18-15-9-5-4-8-14(15)16(22-23-18)20(26)27-17(12-6-2-1-3-7-12)19(25)21-13-10-11-13/h1-9,13,17H,10-11H2,(H,21,25)(H,23,24)/t17-/m0/s1. The van der Waals surface area contributed by atoms with Crippen molar-refractivity contribution in [3.63, 3.8) is 0 Å². The Labute approximate surface area is 154 Å². The normalized spacial score (nSPS) is 14.5. The van der Waals surface area contributed by atoms with E-state index < -0.39 is 17.6 Å². The van der Waals surface area contributed by atoms with Gasteiger partial charge in [-0.15, -0.1) is 0 Å². The second-order valence-corrected chi connectivity index (χ2v) is 6.43. The molecule has 0 spiro atoms. The first-order valence-corrected chi connectivity index (χ1v) is 8.67. The molecular formula is C20H17N3O4. The highest BCUT2D eigenvalue weighted by Crippen LogP contribution is 2.24. The third-order valence-electron chi connectivity index (χ3n) is 4.38. The zero-order valence-electron chi connectivity index (χ0n) is 14.3. The van der Waals surface area contributed by atoms with Gasteiger partial charge in [-0.3, -0.25) is 9.59 Å². The van der Waals surface area contributed by atoms with Gasteiger partial charge in [0.15, 0.2) is 5.69 Å². The van der Waals surface area contributed by atoms with E-state index in [9.17, 15) is 14.4 Å². The van der Waals surface area contributed by atoms with Crippen molar-refractivity contribution < 1.29 is 14.3 Å². The number of H-pyrrole nitrogens is 1. The number of carbonyl (C=O) groups is 2. The average Bonchev–Trinajstić information content (AvgIpc) is 3.51. The lowest BCUT2D eigenvalue weighted by atomic mass is 10.1. The first-order valence-electron chi connectivity index (χ1n) is 8.67. The summed E-state index contributed by atoms with van der Waals surface area (Å²) in [6, 6.07) is 15.6. The average molecular weight is 363 g/mol. The summed E-state index contributed by atoms with van der Waals surface area (Å²) in [5.41, 5.74) is 0.135. The topological polar surface area (TPSA) is 101 Å². The summed E-state index contributed by atoms with van der Waals surface area (Å²) < 4.78 is 5.53. The van der Waals surface area contributed by atoms with Gasteiger partial charge in [0.1, 0.15) is 0 Å². The van der Waals surface area contributed by atoms with Crippen molar-refractivity contribution in [1.82, 2.24) is 15.5 Å². The van der Waals surface area contributed by atoms with Gasteiger partial charge in [0, 0.05) is 17.0 Å². The molecule has 0 bridgehead atoms. The zero-order valence-corrected chi connectivity index (χ0v) is 14.3. The molecule has 27 heavy (non-hydrogen) atoms. The zero-order chi connectivity index (χ0) is 18.8. The van der Waals surface area contributed by atoms with Crippen LogP contribution in [0.3, 0.4) is 0 Å². The number of rotatable bonds is 5. The Morgan fingerprint density at radius 1 is 1.04 bits per heavy atom. The van der Waals surface area contributed by atoms with Gasteiger partial charge < -0.3 is 10.1 Å². The Hall–Kier alpha value is -3.48. The van der Waals surface area contributed by atoms with Crippen LogP contribution in [0.15, 0.2) is 59.4 Å². The summed E-state index contributed by atoms with van der Waals surface area (Å²) in [7, 11) is 0. The summed E-state index contributed by atoms with van der Waals surface area (Å²) in [4.78, 5) is 37.3. The lowest BCUT2D eigenvalue weighted by molar-refractivity contribution is -0.130. The maximum Gasteiger partial charge on any atom is 0.360 e. The number of hydrogen-bond acceptors (Lipinski definition) is 5. The Morgan fingerprint density at radius 3 is 2.41 bits per heavy atom. The highest BCUT2D eigenvalue weighted by Gasteiger charge is 2.31. The van der Waals surface area contributed by atoms with Crippen molar-refractivity contribution in [2.75, 3.05) is 0 Å². The van der Waals surface area contributed by atoms with Crippen LogP contribution >= 0.6 is 0 Å². The molecular weight excluding hydrogens is 346 g/mol. The van der Waals surface area contributed by atoms with E-state index in [1.54, 1.807) is 48.5 Å². The number of aromatic nitrogens is 2. The summed E-state index contributed by atoms with van der Waals surface area (Å²) >= 11 is 0. The summed E-state index contributed by atoms with van der Waals surface area (Å²) in [5, 5.41) is 9.71. The van der Waals surface area contributed by atoms with E-state index in [0.29, 0.717) is 16.3 Å². The molecule has 1 atom stereocenters. The van der Waals surface area contributed by atoms with Crippen molar-refractivity contribution in [2.45, 2.75) is 25.0 Å². The van der Waals surface area contributed by atoms with Crippen molar-refractivity contribution >= 4 is 22.6 Å². The van der Waals surface area contributed by atoms with E-state index in [1.807, 2.05) is 6.07 Å². The number of aromatic amines is 1. The molecule has 1 amide bonds. The molecule has 2 aromatic carbocycles. The van der Waals surface area contributed by atoms with Gasteiger partial charge in [-0.05, 0) is 18.9 Å². The molecule has 1 fully saturated rings. The molecule has 136 valence electrons. The highest BCUT2D eigenvalue weighted by molar-refractivity contribution is 6.02. The summed E-state index contributed by atoms with van der Waals surface area (Å²) in [5.74, 6) is -1.15. The molecule has 1 aliphatic rings. The fourth-order valence-electron chi connectivity index (χ4n) is 2.84. The Bertz CT molecular complexity index is 1060. The number of nitrogens with zero attached hydrogens (tertiary/aromatic N) is 1. The lowest BCUT2D eigenvalue weighted by Crippen LogP contribution is -2.34. The fraction of sp³-hybridized carbons (Fsp3) is 0.200. The molecule has 0 aliphatic heterocycles. The smallest absolute Gasteiger partial charge is 0.360 e. The minimum atomic E-state index is -1.09. The summed E-state index contributed by atoms with van der Waals surface area (Å²) in [6.45, 7) is 0. The first kappa shape index (κ1) is 17.0. The molecule has 7 heteroatoms.